The Morgan fingerprint density at radius 2 is 2.00 bits per heavy atom. The average molecular weight is 179 g/mol. The highest BCUT2D eigenvalue weighted by atomic mass is 16.5. The van der Waals surface area contributed by atoms with Crippen LogP contribution in [0.25, 0.3) is 0 Å². The highest BCUT2D eigenvalue weighted by molar-refractivity contribution is 5.13. The van der Waals surface area contributed by atoms with E-state index in [9.17, 15) is 0 Å². The molecular weight excluding hydrogens is 162 g/mol. The third-order valence-electron chi connectivity index (χ3n) is 1.97. The van der Waals surface area contributed by atoms with Crippen LogP contribution in [-0.2, 0) is 11.3 Å². The number of hydrogen-bond acceptors (Lipinski definition) is 2. The first-order valence-electron chi connectivity index (χ1n) is 4.62. The fraction of sp³-hybridized carbons (Fsp3) is 0.455. The SMILES string of the molecule is CNC(C)COCc1ccccc1. The maximum Gasteiger partial charge on any atom is 0.0717 e. The predicted molar refractivity (Wildman–Crippen MR) is 54.6 cm³/mol. The molecule has 1 aromatic carbocycles. The lowest BCUT2D eigenvalue weighted by Crippen LogP contribution is -2.26. The van der Waals surface area contributed by atoms with Gasteiger partial charge in [0.25, 0.3) is 0 Å². The molecule has 0 saturated carbocycles. The molecule has 0 aliphatic heterocycles. The maximum absolute atomic E-state index is 5.51. The lowest BCUT2D eigenvalue weighted by Gasteiger charge is -2.10. The fourth-order valence-electron chi connectivity index (χ4n) is 1.01. The number of benzene rings is 1. The summed E-state index contributed by atoms with van der Waals surface area (Å²) in [5.41, 5.74) is 1.23. The Balaban J connectivity index is 2.20. The van der Waals surface area contributed by atoms with Crippen molar-refractivity contribution in [1.29, 1.82) is 0 Å². The zero-order valence-electron chi connectivity index (χ0n) is 8.29. The van der Waals surface area contributed by atoms with E-state index in [2.05, 4.69) is 24.4 Å². The summed E-state index contributed by atoms with van der Waals surface area (Å²) in [6.45, 7) is 3.56. The maximum atomic E-state index is 5.51. The number of ether oxygens (including phenoxy) is 1. The van der Waals surface area contributed by atoms with Gasteiger partial charge < -0.3 is 10.1 Å². The van der Waals surface area contributed by atoms with Gasteiger partial charge in [0.2, 0.25) is 0 Å². The van der Waals surface area contributed by atoms with Crippen molar-refractivity contribution in [2.75, 3.05) is 13.7 Å². The summed E-state index contributed by atoms with van der Waals surface area (Å²) in [6.07, 6.45) is 0. The summed E-state index contributed by atoms with van der Waals surface area (Å²) >= 11 is 0. The van der Waals surface area contributed by atoms with Gasteiger partial charge in [0, 0.05) is 6.04 Å². The van der Waals surface area contributed by atoms with Crippen LogP contribution in [0.3, 0.4) is 0 Å². The first-order chi connectivity index (χ1) is 6.33. The molecule has 1 N–H and O–H groups in total. The summed E-state index contributed by atoms with van der Waals surface area (Å²) in [5.74, 6) is 0. The van der Waals surface area contributed by atoms with Crippen molar-refractivity contribution < 1.29 is 4.74 Å². The van der Waals surface area contributed by atoms with Gasteiger partial charge in [0.05, 0.1) is 13.2 Å². The smallest absolute Gasteiger partial charge is 0.0717 e. The van der Waals surface area contributed by atoms with Gasteiger partial charge in [-0.3, -0.25) is 0 Å². The summed E-state index contributed by atoms with van der Waals surface area (Å²) in [4.78, 5) is 0. The number of likely N-dealkylation sites (N-methyl/N-ethyl adjacent to an activating group) is 1. The molecule has 1 rings (SSSR count). The van der Waals surface area contributed by atoms with Crippen molar-refractivity contribution in [2.45, 2.75) is 19.6 Å². The predicted octanol–water partition coefficient (Wildman–Crippen LogP) is 1.81. The summed E-state index contributed by atoms with van der Waals surface area (Å²) in [5, 5.41) is 3.13. The molecule has 0 aliphatic carbocycles. The van der Waals surface area contributed by atoms with Crippen LogP contribution in [0, 0.1) is 0 Å². The Labute approximate surface area is 79.9 Å². The lowest BCUT2D eigenvalue weighted by atomic mass is 10.2. The zero-order chi connectivity index (χ0) is 9.52. The summed E-state index contributed by atoms with van der Waals surface area (Å²) < 4.78 is 5.51. The third kappa shape index (κ3) is 4.06. The van der Waals surface area contributed by atoms with Crippen LogP contribution in [0.5, 0.6) is 0 Å². The molecule has 2 heteroatoms. The van der Waals surface area contributed by atoms with E-state index in [1.165, 1.54) is 5.56 Å². The van der Waals surface area contributed by atoms with E-state index in [-0.39, 0.29) is 0 Å². The van der Waals surface area contributed by atoms with Crippen LogP contribution in [0.2, 0.25) is 0 Å². The van der Waals surface area contributed by atoms with Crippen molar-refractivity contribution in [3.05, 3.63) is 35.9 Å². The van der Waals surface area contributed by atoms with Gasteiger partial charge in [-0.05, 0) is 19.5 Å². The van der Waals surface area contributed by atoms with E-state index >= 15 is 0 Å². The van der Waals surface area contributed by atoms with Crippen LogP contribution in [0.15, 0.2) is 30.3 Å². The molecule has 1 unspecified atom stereocenters. The van der Waals surface area contributed by atoms with Gasteiger partial charge in [0.15, 0.2) is 0 Å². The molecule has 13 heavy (non-hydrogen) atoms. The Morgan fingerprint density at radius 1 is 1.31 bits per heavy atom. The molecule has 0 saturated heterocycles. The largest absolute Gasteiger partial charge is 0.375 e. The zero-order valence-corrected chi connectivity index (χ0v) is 8.29. The Hall–Kier alpha value is -0.860. The molecule has 2 nitrogen and oxygen atoms in total. The van der Waals surface area contributed by atoms with E-state index < -0.39 is 0 Å². The van der Waals surface area contributed by atoms with E-state index in [1.807, 2.05) is 25.2 Å². The fourth-order valence-corrected chi connectivity index (χ4v) is 1.01. The second-order valence-electron chi connectivity index (χ2n) is 3.19. The first-order valence-corrected chi connectivity index (χ1v) is 4.62. The van der Waals surface area contributed by atoms with E-state index in [0.717, 1.165) is 6.61 Å². The molecule has 0 amide bonds. The highest BCUT2D eigenvalue weighted by Crippen LogP contribution is 2.00. The van der Waals surface area contributed by atoms with Gasteiger partial charge in [-0.1, -0.05) is 30.3 Å². The minimum atomic E-state index is 0.420. The minimum absolute atomic E-state index is 0.420. The van der Waals surface area contributed by atoms with Crippen LogP contribution in [0.4, 0.5) is 0 Å². The second-order valence-corrected chi connectivity index (χ2v) is 3.19. The number of nitrogens with one attached hydrogen (secondary N) is 1. The van der Waals surface area contributed by atoms with Crippen LogP contribution < -0.4 is 5.32 Å². The van der Waals surface area contributed by atoms with Crippen molar-refractivity contribution >= 4 is 0 Å². The van der Waals surface area contributed by atoms with Crippen molar-refractivity contribution in [3.8, 4) is 0 Å². The lowest BCUT2D eigenvalue weighted by molar-refractivity contribution is 0.105. The van der Waals surface area contributed by atoms with Gasteiger partial charge in [-0.25, -0.2) is 0 Å². The van der Waals surface area contributed by atoms with Crippen LogP contribution in [0.1, 0.15) is 12.5 Å². The Bertz CT molecular complexity index is 223. The molecule has 1 aromatic rings. The molecule has 0 heterocycles. The van der Waals surface area contributed by atoms with E-state index in [0.29, 0.717) is 12.6 Å². The Morgan fingerprint density at radius 3 is 2.62 bits per heavy atom. The quantitative estimate of drug-likeness (QED) is 0.744. The molecule has 0 radical (unpaired) electrons. The molecular formula is C11H17NO. The van der Waals surface area contributed by atoms with Crippen molar-refractivity contribution in [1.82, 2.24) is 5.32 Å². The monoisotopic (exact) mass is 179 g/mol. The van der Waals surface area contributed by atoms with Gasteiger partial charge in [0.1, 0.15) is 0 Å². The average Bonchev–Trinajstić information content (AvgIpc) is 2.19. The number of rotatable bonds is 5. The molecule has 1 atom stereocenters. The second kappa shape index (κ2) is 5.73. The van der Waals surface area contributed by atoms with Gasteiger partial charge in [-0.2, -0.15) is 0 Å². The third-order valence-corrected chi connectivity index (χ3v) is 1.97. The minimum Gasteiger partial charge on any atom is -0.375 e. The summed E-state index contributed by atoms with van der Waals surface area (Å²) in [7, 11) is 1.94. The molecule has 0 spiro atoms. The summed E-state index contributed by atoms with van der Waals surface area (Å²) in [6, 6.07) is 10.6. The van der Waals surface area contributed by atoms with Crippen molar-refractivity contribution in [3.63, 3.8) is 0 Å². The van der Waals surface area contributed by atoms with Crippen LogP contribution in [-0.4, -0.2) is 19.7 Å². The van der Waals surface area contributed by atoms with E-state index in [4.69, 9.17) is 4.74 Å². The normalized spacial score (nSPS) is 12.8. The highest BCUT2D eigenvalue weighted by Gasteiger charge is 1.97. The van der Waals surface area contributed by atoms with E-state index in [1.54, 1.807) is 0 Å². The standard InChI is InChI=1S/C11H17NO/c1-10(12-2)8-13-9-11-6-4-3-5-7-11/h3-7,10,12H,8-9H2,1-2H3. The molecule has 0 aromatic heterocycles. The van der Waals surface area contributed by atoms with Crippen molar-refractivity contribution in [2.24, 2.45) is 0 Å². The first kappa shape index (κ1) is 10.2. The van der Waals surface area contributed by atoms with Crippen LogP contribution >= 0.6 is 0 Å². The van der Waals surface area contributed by atoms with Gasteiger partial charge >= 0.3 is 0 Å². The number of hydrogen-bond donors (Lipinski definition) is 1. The molecule has 0 bridgehead atoms. The van der Waals surface area contributed by atoms with Gasteiger partial charge in [-0.15, -0.1) is 0 Å². The molecule has 0 aliphatic rings. The molecule has 0 fully saturated rings. The molecule has 72 valence electrons. The Kier molecular flexibility index (Phi) is 4.50. The topological polar surface area (TPSA) is 21.3 Å².